The first-order valence-corrected chi connectivity index (χ1v) is 15.8. The lowest BCUT2D eigenvalue weighted by molar-refractivity contribution is -0.265. The molecule has 0 radical (unpaired) electrons. The minimum atomic E-state index is -5.24. The predicted molar refractivity (Wildman–Crippen MR) is 147 cm³/mol. The Kier molecular flexibility index (Phi) is 7.75. The molecule has 200 valence electrons. The zero-order chi connectivity index (χ0) is 26.9. The minimum absolute atomic E-state index is 0.0258. The highest BCUT2D eigenvalue weighted by Gasteiger charge is 2.66. The number of rotatable bonds is 6. The summed E-state index contributed by atoms with van der Waals surface area (Å²) in [6.07, 6.45) is -3.06. The van der Waals surface area contributed by atoms with Gasteiger partial charge in [-0.05, 0) is 137 Å². The Morgan fingerprint density at radius 2 is 1.50 bits per heavy atom. The summed E-state index contributed by atoms with van der Waals surface area (Å²) in [6.45, 7) is 0.434. The SMILES string of the molecule is CC(CS(=O)(=O)O)(OC(=O)C12CC3CC(CC(C(=O)Oc4c(I)cc(I)cc4I)(C3)C1)C2)C(F)(F)F. The van der Waals surface area contributed by atoms with E-state index in [1.807, 2.05) is 12.1 Å². The van der Waals surface area contributed by atoms with E-state index in [-0.39, 0.29) is 31.1 Å². The summed E-state index contributed by atoms with van der Waals surface area (Å²) in [5.74, 6) is -3.24. The molecule has 1 aromatic carbocycles. The summed E-state index contributed by atoms with van der Waals surface area (Å²) >= 11 is 6.30. The molecule has 3 unspecified atom stereocenters. The van der Waals surface area contributed by atoms with Gasteiger partial charge in [0.2, 0.25) is 5.60 Å². The van der Waals surface area contributed by atoms with Crippen molar-refractivity contribution in [1.29, 1.82) is 0 Å². The number of hydrogen-bond donors (Lipinski definition) is 1. The number of carbonyl (C=O) groups excluding carboxylic acids is 2. The number of ether oxygens (including phenoxy) is 2. The molecule has 4 aliphatic rings. The lowest BCUT2D eigenvalue weighted by Gasteiger charge is -2.59. The van der Waals surface area contributed by atoms with Gasteiger partial charge in [0, 0.05) is 3.57 Å². The van der Waals surface area contributed by atoms with Gasteiger partial charge in [0.25, 0.3) is 10.1 Å². The van der Waals surface area contributed by atoms with E-state index in [4.69, 9.17) is 14.0 Å². The fourth-order valence-corrected chi connectivity index (χ4v) is 11.1. The fourth-order valence-electron chi connectivity index (χ4n) is 6.40. The van der Waals surface area contributed by atoms with Crippen molar-refractivity contribution in [2.24, 2.45) is 22.7 Å². The van der Waals surface area contributed by atoms with Crippen LogP contribution in [0, 0.1) is 33.4 Å². The first-order valence-electron chi connectivity index (χ1n) is 11.0. The third-order valence-corrected chi connectivity index (χ3v) is 10.6. The van der Waals surface area contributed by atoms with Crippen molar-refractivity contribution in [3.63, 3.8) is 0 Å². The van der Waals surface area contributed by atoms with Gasteiger partial charge in [0.05, 0.1) is 18.0 Å². The van der Waals surface area contributed by atoms with Gasteiger partial charge < -0.3 is 9.47 Å². The Morgan fingerprint density at radius 3 is 1.94 bits per heavy atom. The molecule has 1 aromatic rings. The third kappa shape index (κ3) is 5.52. The summed E-state index contributed by atoms with van der Waals surface area (Å²) < 4.78 is 86.3. The van der Waals surface area contributed by atoms with Gasteiger partial charge in [-0.25, -0.2) is 0 Å². The second-order valence-corrected chi connectivity index (χ2v) is 15.5. The van der Waals surface area contributed by atoms with E-state index in [0.717, 1.165) is 17.1 Å². The monoisotopic (exact) mass is 868 g/mol. The van der Waals surface area contributed by atoms with Crippen LogP contribution in [0.4, 0.5) is 13.2 Å². The van der Waals surface area contributed by atoms with E-state index < -0.39 is 50.4 Å². The molecule has 0 spiro atoms. The summed E-state index contributed by atoms with van der Waals surface area (Å²) in [4.78, 5) is 26.9. The fraction of sp³-hybridized carbons (Fsp3) is 0.636. The first-order chi connectivity index (χ1) is 16.4. The van der Waals surface area contributed by atoms with Crippen molar-refractivity contribution in [3.8, 4) is 5.75 Å². The number of hydrogen-bond acceptors (Lipinski definition) is 6. The molecular weight excluding hydrogens is 846 g/mol. The first kappa shape index (κ1) is 29.0. The van der Waals surface area contributed by atoms with E-state index >= 15 is 0 Å². The molecule has 4 aliphatic carbocycles. The topological polar surface area (TPSA) is 107 Å². The van der Waals surface area contributed by atoms with Crippen LogP contribution < -0.4 is 4.74 Å². The number of benzene rings is 1. The Labute approximate surface area is 247 Å². The summed E-state index contributed by atoms with van der Waals surface area (Å²) in [6, 6.07) is 3.72. The quantitative estimate of drug-likeness (QED) is 0.168. The molecule has 4 saturated carbocycles. The number of esters is 2. The number of halogens is 6. The van der Waals surface area contributed by atoms with Crippen molar-refractivity contribution in [2.75, 3.05) is 5.75 Å². The second-order valence-electron chi connectivity index (χ2n) is 10.5. The van der Waals surface area contributed by atoms with Crippen LogP contribution in [0.15, 0.2) is 12.1 Å². The molecule has 0 heterocycles. The lowest BCUT2D eigenvalue weighted by Crippen LogP contribution is -2.61. The molecule has 0 amide bonds. The standard InChI is InChI=1S/C22H22F3I3O7S/c1-19(22(23,24)25,10-36(31,32)33)35-18(30)21-7-11-2-12(8-21)6-20(5-11,9-21)17(29)34-16-14(27)3-13(26)4-15(16)28/h3-4,11-12H,2,5-10H2,1H3,(H,31,32,33). The van der Waals surface area contributed by atoms with Crippen molar-refractivity contribution >= 4 is 89.8 Å². The van der Waals surface area contributed by atoms with Crippen LogP contribution in [0.3, 0.4) is 0 Å². The van der Waals surface area contributed by atoms with Crippen LogP contribution in [0.1, 0.15) is 45.4 Å². The highest BCUT2D eigenvalue weighted by molar-refractivity contribution is 14.1. The maximum atomic E-state index is 13.8. The largest absolute Gasteiger partial charge is 0.448 e. The van der Waals surface area contributed by atoms with Crippen molar-refractivity contribution in [3.05, 3.63) is 22.8 Å². The molecule has 0 aliphatic heterocycles. The molecule has 5 rings (SSSR count). The lowest BCUT2D eigenvalue weighted by atomic mass is 9.44. The Morgan fingerprint density at radius 1 is 1.03 bits per heavy atom. The van der Waals surface area contributed by atoms with Crippen LogP contribution in [-0.2, 0) is 24.4 Å². The smallest absolute Gasteiger partial charge is 0.429 e. The zero-order valence-corrected chi connectivity index (χ0v) is 26.1. The van der Waals surface area contributed by atoms with Crippen LogP contribution in [0.25, 0.3) is 0 Å². The molecule has 0 saturated heterocycles. The second kappa shape index (κ2) is 9.60. The predicted octanol–water partition coefficient (Wildman–Crippen LogP) is 5.74. The third-order valence-electron chi connectivity index (χ3n) is 7.46. The molecule has 4 fully saturated rings. The maximum absolute atomic E-state index is 13.8. The van der Waals surface area contributed by atoms with Gasteiger partial charge in [0.15, 0.2) is 5.75 Å². The van der Waals surface area contributed by atoms with Crippen LogP contribution in [-0.4, -0.2) is 42.4 Å². The van der Waals surface area contributed by atoms with Gasteiger partial charge in [0.1, 0.15) is 5.75 Å². The van der Waals surface area contributed by atoms with E-state index in [1.54, 1.807) is 0 Å². The van der Waals surface area contributed by atoms with Crippen molar-refractivity contribution < 1.29 is 45.2 Å². The van der Waals surface area contributed by atoms with Crippen molar-refractivity contribution in [2.45, 2.75) is 57.2 Å². The van der Waals surface area contributed by atoms with Gasteiger partial charge in [-0.1, -0.05) is 0 Å². The molecule has 36 heavy (non-hydrogen) atoms. The molecule has 3 atom stereocenters. The Balaban J connectivity index is 1.63. The minimum Gasteiger partial charge on any atom is -0.448 e. The van der Waals surface area contributed by atoms with E-state index in [0.29, 0.717) is 25.5 Å². The zero-order valence-electron chi connectivity index (χ0n) is 18.8. The molecular formula is C22H22F3I3O7S. The molecule has 14 heteroatoms. The van der Waals surface area contributed by atoms with E-state index in [9.17, 15) is 31.2 Å². The number of alkyl halides is 3. The summed E-state index contributed by atoms with van der Waals surface area (Å²) in [7, 11) is -5.11. The van der Waals surface area contributed by atoms with Crippen LogP contribution >= 0.6 is 67.8 Å². The molecule has 7 nitrogen and oxygen atoms in total. The summed E-state index contributed by atoms with van der Waals surface area (Å²) in [5.41, 5.74) is -5.83. The normalized spacial score (nSPS) is 31.1. The Hall–Kier alpha value is 0.0500. The Bertz CT molecular complexity index is 1180. The van der Waals surface area contributed by atoms with Crippen molar-refractivity contribution in [1.82, 2.24) is 0 Å². The maximum Gasteiger partial charge on any atom is 0.429 e. The van der Waals surface area contributed by atoms with Crippen LogP contribution in [0.2, 0.25) is 0 Å². The molecule has 0 aromatic heterocycles. The van der Waals surface area contributed by atoms with Gasteiger partial charge in [-0.3, -0.25) is 14.1 Å². The van der Waals surface area contributed by atoms with Gasteiger partial charge >= 0.3 is 18.1 Å². The average Bonchev–Trinajstić information content (AvgIpc) is 2.67. The highest BCUT2D eigenvalue weighted by atomic mass is 127. The van der Waals surface area contributed by atoms with E-state index in [1.165, 1.54) is 0 Å². The average molecular weight is 868 g/mol. The van der Waals surface area contributed by atoms with Gasteiger partial charge in [-0.2, -0.15) is 21.6 Å². The van der Waals surface area contributed by atoms with Crippen LogP contribution in [0.5, 0.6) is 5.75 Å². The molecule has 1 N–H and O–H groups in total. The highest BCUT2D eigenvalue weighted by Crippen LogP contribution is 2.66. The van der Waals surface area contributed by atoms with Gasteiger partial charge in [-0.15, -0.1) is 0 Å². The number of carbonyl (C=O) groups is 2. The molecule has 4 bridgehead atoms. The summed E-state index contributed by atoms with van der Waals surface area (Å²) in [5, 5.41) is 0. The van der Waals surface area contributed by atoms with E-state index in [2.05, 4.69) is 67.8 Å².